The third-order valence-electron chi connectivity index (χ3n) is 4.43. The normalized spacial score (nSPS) is 9.88. The lowest BCUT2D eigenvalue weighted by molar-refractivity contribution is 0.101. The molecular formula is C25H33N7O2. The summed E-state index contributed by atoms with van der Waals surface area (Å²) in [6, 6.07) is 10.2. The predicted molar refractivity (Wildman–Crippen MR) is 138 cm³/mol. The largest absolute Gasteiger partial charge is 0.384 e. The smallest absolute Gasteiger partial charge is 0.258 e. The lowest BCUT2D eigenvalue weighted by Crippen LogP contribution is -2.15. The van der Waals surface area contributed by atoms with Gasteiger partial charge in [0.15, 0.2) is 0 Å². The molecule has 34 heavy (non-hydrogen) atoms. The van der Waals surface area contributed by atoms with Gasteiger partial charge in [-0.2, -0.15) is 0 Å². The van der Waals surface area contributed by atoms with Gasteiger partial charge in [0.25, 0.3) is 11.8 Å². The Labute approximate surface area is 200 Å². The van der Waals surface area contributed by atoms with Crippen LogP contribution in [0.1, 0.15) is 61.3 Å². The molecule has 0 saturated carbocycles. The van der Waals surface area contributed by atoms with E-state index in [0.29, 0.717) is 22.8 Å². The Kier molecular flexibility index (Phi) is 11.0. The molecule has 3 aromatic rings. The van der Waals surface area contributed by atoms with Crippen LogP contribution < -0.4 is 21.3 Å². The van der Waals surface area contributed by atoms with Crippen LogP contribution in [0.5, 0.6) is 0 Å². The van der Waals surface area contributed by atoms with Crippen LogP contribution in [-0.2, 0) is 0 Å². The molecule has 2 amide bonds. The molecule has 0 aliphatic heterocycles. The molecular weight excluding hydrogens is 430 g/mol. The van der Waals surface area contributed by atoms with E-state index in [1.807, 2.05) is 19.9 Å². The second-order valence-corrected chi connectivity index (χ2v) is 7.06. The van der Waals surface area contributed by atoms with Crippen LogP contribution in [0.2, 0.25) is 0 Å². The zero-order valence-corrected chi connectivity index (χ0v) is 20.2. The van der Waals surface area contributed by atoms with Gasteiger partial charge < -0.3 is 21.3 Å². The van der Waals surface area contributed by atoms with Crippen LogP contribution in [0.15, 0.2) is 55.0 Å². The lowest BCUT2D eigenvalue weighted by Gasteiger charge is -2.08. The molecule has 3 heterocycles. The minimum Gasteiger partial charge on any atom is -0.384 e. The minimum atomic E-state index is -0.337. The van der Waals surface area contributed by atoms with E-state index in [4.69, 9.17) is 0 Å². The van der Waals surface area contributed by atoms with Crippen molar-refractivity contribution in [1.82, 2.24) is 15.0 Å². The molecule has 180 valence electrons. The van der Waals surface area contributed by atoms with Gasteiger partial charge >= 0.3 is 0 Å². The summed E-state index contributed by atoms with van der Waals surface area (Å²) in [5, 5.41) is 11.8. The lowest BCUT2D eigenvalue weighted by atomic mass is 10.2. The number of pyridine rings is 3. The van der Waals surface area contributed by atoms with E-state index in [9.17, 15) is 9.59 Å². The highest BCUT2D eigenvalue weighted by Crippen LogP contribution is 2.13. The van der Waals surface area contributed by atoms with Crippen molar-refractivity contribution in [3.8, 4) is 0 Å². The van der Waals surface area contributed by atoms with Crippen LogP contribution in [0, 0.1) is 0 Å². The van der Waals surface area contributed by atoms with Crippen LogP contribution >= 0.6 is 0 Å². The number of nitrogens with one attached hydrogen (secondary N) is 4. The van der Waals surface area contributed by atoms with Gasteiger partial charge in [-0.1, -0.05) is 27.7 Å². The number of carbonyl (C=O) groups excluding carboxylic acids is 2. The molecule has 0 aliphatic carbocycles. The molecule has 3 aromatic heterocycles. The van der Waals surface area contributed by atoms with Gasteiger partial charge in [-0.15, -0.1) is 0 Å². The average molecular weight is 464 g/mol. The monoisotopic (exact) mass is 463 g/mol. The van der Waals surface area contributed by atoms with Crippen LogP contribution in [-0.4, -0.2) is 39.9 Å². The number of aromatic nitrogens is 3. The third kappa shape index (κ3) is 8.16. The fourth-order valence-electron chi connectivity index (χ4n) is 2.71. The third-order valence-corrected chi connectivity index (χ3v) is 4.43. The van der Waals surface area contributed by atoms with Crippen LogP contribution in [0.3, 0.4) is 0 Å². The molecule has 0 fully saturated rings. The van der Waals surface area contributed by atoms with Gasteiger partial charge in [-0.25, -0.2) is 15.0 Å². The molecule has 0 aliphatic rings. The second kappa shape index (κ2) is 14.2. The molecule has 3 rings (SSSR count). The topological polar surface area (TPSA) is 121 Å². The fourth-order valence-corrected chi connectivity index (χ4v) is 2.71. The number of amides is 2. The molecule has 0 atom stereocenters. The second-order valence-electron chi connectivity index (χ2n) is 7.06. The highest BCUT2D eigenvalue weighted by molar-refractivity contribution is 6.05. The highest BCUT2D eigenvalue weighted by Gasteiger charge is 2.10. The molecule has 0 bridgehead atoms. The summed E-state index contributed by atoms with van der Waals surface area (Å²) in [7, 11) is 0. The number of rotatable bonds is 10. The van der Waals surface area contributed by atoms with Crippen molar-refractivity contribution in [3.63, 3.8) is 0 Å². The number of nitrogens with zero attached hydrogens (tertiary/aromatic N) is 3. The Bertz CT molecular complexity index is 1020. The maximum absolute atomic E-state index is 12.4. The van der Waals surface area contributed by atoms with Gasteiger partial charge in [0, 0.05) is 25.5 Å². The maximum Gasteiger partial charge on any atom is 0.258 e. The molecule has 0 unspecified atom stereocenters. The Morgan fingerprint density at radius 3 is 1.56 bits per heavy atom. The maximum atomic E-state index is 12.4. The van der Waals surface area contributed by atoms with Gasteiger partial charge in [0.05, 0.1) is 23.0 Å². The Balaban J connectivity index is 0.00000199. The molecule has 0 radical (unpaired) electrons. The molecule has 0 aromatic carbocycles. The van der Waals surface area contributed by atoms with Crippen molar-refractivity contribution in [1.29, 1.82) is 0 Å². The summed E-state index contributed by atoms with van der Waals surface area (Å²) in [6.07, 6.45) is 6.58. The summed E-state index contributed by atoms with van der Waals surface area (Å²) >= 11 is 0. The predicted octanol–water partition coefficient (Wildman–Crippen LogP) is 5.05. The van der Waals surface area contributed by atoms with Crippen molar-refractivity contribution in [2.24, 2.45) is 0 Å². The molecule has 9 heteroatoms. The SMILES string of the molecule is CC.CCCNc1ccc(NC(=O)c2ccc(NC(=O)c3ccc(NCCC)nc3)nc2)nc1. The van der Waals surface area contributed by atoms with Crippen molar-refractivity contribution >= 4 is 35.0 Å². The van der Waals surface area contributed by atoms with Crippen molar-refractivity contribution in [2.45, 2.75) is 40.5 Å². The Hall–Kier alpha value is -4.01. The Morgan fingerprint density at radius 2 is 1.12 bits per heavy atom. The summed E-state index contributed by atoms with van der Waals surface area (Å²) in [4.78, 5) is 37.4. The molecule has 9 nitrogen and oxygen atoms in total. The number of hydrogen-bond acceptors (Lipinski definition) is 7. The minimum absolute atomic E-state index is 0.329. The standard InChI is InChI=1S/C23H27N7O2.C2H6/c1-3-11-24-18-7-10-21(28-15-18)30-23(32)17-6-9-20(27-14-17)29-22(31)16-5-8-19(26-13-16)25-12-4-2;1-2/h5-10,13-15,24H,3-4,11-12H2,1-2H3,(H,25,26)(H,27,29,31)(H,28,30,32);1-2H3. The van der Waals surface area contributed by atoms with E-state index >= 15 is 0 Å². The molecule has 0 spiro atoms. The van der Waals surface area contributed by atoms with Crippen molar-refractivity contribution < 1.29 is 9.59 Å². The zero-order chi connectivity index (χ0) is 24.8. The van der Waals surface area contributed by atoms with Gasteiger partial charge in [0.2, 0.25) is 0 Å². The average Bonchev–Trinajstić information content (AvgIpc) is 2.89. The zero-order valence-electron chi connectivity index (χ0n) is 20.2. The first-order chi connectivity index (χ1) is 16.6. The number of anilines is 4. The van der Waals surface area contributed by atoms with Gasteiger partial charge in [0.1, 0.15) is 17.5 Å². The summed E-state index contributed by atoms with van der Waals surface area (Å²) in [6.45, 7) is 9.83. The van der Waals surface area contributed by atoms with E-state index in [-0.39, 0.29) is 11.8 Å². The summed E-state index contributed by atoms with van der Waals surface area (Å²) < 4.78 is 0. The van der Waals surface area contributed by atoms with E-state index in [2.05, 4.69) is 50.1 Å². The highest BCUT2D eigenvalue weighted by atomic mass is 16.2. The molecule has 4 N–H and O–H groups in total. The van der Waals surface area contributed by atoms with E-state index in [1.165, 1.54) is 12.4 Å². The van der Waals surface area contributed by atoms with Crippen LogP contribution in [0.4, 0.5) is 23.1 Å². The van der Waals surface area contributed by atoms with Gasteiger partial charge in [-0.3, -0.25) is 9.59 Å². The fraction of sp³-hybridized carbons (Fsp3) is 0.320. The van der Waals surface area contributed by atoms with E-state index in [1.54, 1.807) is 36.5 Å². The first-order valence-corrected chi connectivity index (χ1v) is 11.6. The van der Waals surface area contributed by atoms with Gasteiger partial charge in [-0.05, 0) is 49.2 Å². The van der Waals surface area contributed by atoms with E-state index in [0.717, 1.165) is 37.4 Å². The first-order valence-electron chi connectivity index (χ1n) is 11.6. The quantitative estimate of drug-likeness (QED) is 0.332. The first kappa shape index (κ1) is 26.2. The van der Waals surface area contributed by atoms with Crippen molar-refractivity contribution in [3.05, 3.63) is 66.1 Å². The van der Waals surface area contributed by atoms with Crippen molar-refractivity contribution in [2.75, 3.05) is 34.4 Å². The summed E-state index contributed by atoms with van der Waals surface area (Å²) in [5.41, 5.74) is 1.67. The van der Waals surface area contributed by atoms with Crippen LogP contribution in [0.25, 0.3) is 0 Å². The van der Waals surface area contributed by atoms with E-state index < -0.39 is 0 Å². The summed E-state index contributed by atoms with van der Waals surface area (Å²) in [5.74, 6) is 0.836. The Morgan fingerprint density at radius 1 is 0.647 bits per heavy atom. The molecule has 0 saturated heterocycles. The number of hydrogen-bond donors (Lipinski definition) is 4. The number of carbonyl (C=O) groups is 2.